The van der Waals surface area contributed by atoms with Gasteiger partial charge >= 0.3 is 6.18 Å². The molecule has 100 valence electrons. The number of alkyl halides is 3. The van der Waals surface area contributed by atoms with E-state index >= 15 is 0 Å². The number of rotatable bonds is 2. The lowest BCUT2D eigenvalue weighted by Crippen LogP contribution is -2.04. The number of benzene rings is 2. The Bertz CT molecular complexity index is 581. The number of anilines is 1. The summed E-state index contributed by atoms with van der Waals surface area (Å²) in [4.78, 5) is 0. The number of halogens is 4. The van der Waals surface area contributed by atoms with Crippen LogP contribution in [0, 0.1) is 0 Å². The van der Waals surface area contributed by atoms with Crippen LogP contribution in [-0.2, 0) is 6.18 Å². The third-order valence-electron chi connectivity index (χ3n) is 2.37. The van der Waals surface area contributed by atoms with Crippen molar-refractivity contribution in [3.8, 4) is 11.5 Å². The van der Waals surface area contributed by atoms with E-state index in [9.17, 15) is 13.2 Å². The maximum atomic E-state index is 12.4. The highest BCUT2D eigenvalue weighted by molar-refractivity contribution is 9.10. The summed E-state index contributed by atoms with van der Waals surface area (Å²) < 4.78 is 43.3. The molecule has 0 heterocycles. The van der Waals surface area contributed by atoms with Gasteiger partial charge in [0.1, 0.15) is 11.5 Å². The third kappa shape index (κ3) is 3.41. The molecule has 0 spiro atoms. The summed E-state index contributed by atoms with van der Waals surface area (Å²) in [5, 5.41) is 0. The second-order valence-electron chi connectivity index (χ2n) is 3.81. The second kappa shape index (κ2) is 5.13. The smallest absolute Gasteiger partial charge is 0.416 e. The molecule has 0 aliphatic rings. The van der Waals surface area contributed by atoms with Gasteiger partial charge in [-0.1, -0.05) is 0 Å². The molecule has 0 radical (unpaired) electrons. The van der Waals surface area contributed by atoms with E-state index in [2.05, 4.69) is 15.9 Å². The van der Waals surface area contributed by atoms with Crippen molar-refractivity contribution in [2.24, 2.45) is 0 Å². The van der Waals surface area contributed by atoms with Gasteiger partial charge < -0.3 is 10.5 Å². The fourth-order valence-electron chi connectivity index (χ4n) is 1.44. The maximum Gasteiger partial charge on any atom is 0.416 e. The van der Waals surface area contributed by atoms with Gasteiger partial charge in [-0.15, -0.1) is 0 Å². The number of nitrogens with two attached hydrogens (primary N) is 1. The molecule has 0 fully saturated rings. The first-order valence-corrected chi connectivity index (χ1v) is 6.06. The predicted octanol–water partition coefficient (Wildman–Crippen LogP) is 4.84. The Morgan fingerprint density at radius 2 is 1.63 bits per heavy atom. The molecule has 0 aliphatic heterocycles. The van der Waals surface area contributed by atoms with Crippen LogP contribution in [0.3, 0.4) is 0 Å². The average molecular weight is 332 g/mol. The average Bonchev–Trinajstić information content (AvgIpc) is 2.32. The zero-order valence-electron chi connectivity index (χ0n) is 9.54. The first-order chi connectivity index (χ1) is 8.86. The van der Waals surface area contributed by atoms with Crippen molar-refractivity contribution in [3.05, 3.63) is 52.5 Å². The van der Waals surface area contributed by atoms with Crippen molar-refractivity contribution >= 4 is 21.6 Å². The molecule has 6 heteroatoms. The van der Waals surface area contributed by atoms with Crippen molar-refractivity contribution in [2.45, 2.75) is 6.18 Å². The maximum absolute atomic E-state index is 12.4. The number of nitrogen functional groups attached to an aromatic ring is 1. The fraction of sp³-hybridized carbons (Fsp3) is 0.0769. The van der Waals surface area contributed by atoms with E-state index in [0.717, 1.165) is 12.1 Å². The fourth-order valence-corrected chi connectivity index (χ4v) is 1.92. The van der Waals surface area contributed by atoms with Gasteiger partial charge in [0, 0.05) is 5.69 Å². The van der Waals surface area contributed by atoms with Crippen LogP contribution in [0.1, 0.15) is 5.56 Å². The van der Waals surface area contributed by atoms with Crippen LogP contribution in [0.4, 0.5) is 18.9 Å². The molecule has 0 aromatic heterocycles. The summed E-state index contributed by atoms with van der Waals surface area (Å²) in [5.41, 5.74) is 5.43. The Morgan fingerprint density at radius 1 is 1.00 bits per heavy atom. The molecule has 0 saturated carbocycles. The van der Waals surface area contributed by atoms with Crippen LogP contribution in [0.5, 0.6) is 11.5 Å². The molecule has 0 bridgehead atoms. The molecule has 0 atom stereocenters. The SMILES string of the molecule is Nc1ccc(Oc2ccc(C(F)(F)F)cc2)c(Br)c1. The summed E-state index contributed by atoms with van der Waals surface area (Å²) in [5.74, 6) is 0.799. The van der Waals surface area contributed by atoms with Crippen LogP contribution in [0.25, 0.3) is 0 Å². The van der Waals surface area contributed by atoms with Gasteiger partial charge in [0.25, 0.3) is 0 Å². The number of ether oxygens (including phenoxy) is 1. The zero-order valence-corrected chi connectivity index (χ0v) is 11.1. The van der Waals surface area contributed by atoms with Gasteiger partial charge in [-0.05, 0) is 58.4 Å². The number of hydrogen-bond donors (Lipinski definition) is 1. The van der Waals surface area contributed by atoms with E-state index in [1.807, 2.05) is 0 Å². The van der Waals surface area contributed by atoms with Gasteiger partial charge in [-0.25, -0.2) is 0 Å². The van der Waals surface area contributed by atoms with E-state index in [0.29, 0.717) is 21.7 Å². The van der Waals surface area contributed by atoms with Crippen LogP contribution in [-0.4, -0.2) is 0 Å². The van der Waals surface area contributed by atoms with E-state index in [4.69, 9.17) is 10.5 Å². The molecular formula is C13H9BrF3NO. The van der Waals surface area contributed by atoms with E-state index in [-0.39, 0.29) is 0 Å². The van der Waals surface area contributed by atoms with Crippen molar-refractivity contribution < 1.29 is 17.9 Å². The monoisotopic (exact) mass is 331 g/mol. The molecule has 2 aromatic carbocycles. The van der Waals surface area contributed by atoms with Crippen LogP contribution in [0.15, 0.2) is 46.9 Å². The summed E-state index contributed by atoms with van der Waals surface area (Å²) in [6, 6.07) is 9.42. The Hall–Kier alpha value is -1.69. The highest BCUT2D eigenvalue weighted by Gasteiger charge is 2.30. The topological polar surface area (TPSA) is 35.2 Å². The van der Waals surface area contributed by atoms with E-state index in [1.54, 1.807) is 18.2 Å². The van der Waals surface area contributed by atoms with Crippen LogP contribution >= 0.6 is 15.9 Å². The first-order valence-electron chi connectivity index (χ1n) is 5.26. The van der Waals surface area contributed by atoms with Crippen LogP contribution < -0.4 is 10.5 Å². The minimum absolute atomic E-state index is 0.318. The van der Waals surface area contributed by atoms with Gasteiger partial charge in [0.2, 0.25) is 0 Å². The highest BCUT2D eigenvalue weighted by Crippen LogP contribution is 2.34. The standard InChI is InChI=1S/C13H9BrF3NO/c14-11-7-9(18)3-6-12(11)19-10-4-1-8(2-5-10)13(15,16)17/h1-7H,18H2. The third-order valence-corrected chi connectivity index (χ3v) is 2.99. The highest BCUT2D eigenvalue weighted by atomic mass is 79.9. The van der Waals surface area contributed by atoms with Gasteiger partial charge in [0.15, 0.2) is 0 Å². The molecule has 19 heavy (non-hydrogen) atoms. The lowest BCUT2D eigenvalue weighted by Gasteiger charge is -2.10. The predicted molar refractivity (Wildman–Crippen MR) is 70.1 cm³/mol. The molecule has 0 aliphatic carbocycles. The Morgan fingerprint density at radius 3 is 2.16 bits per heavy atom. The van der Waals surface area contributed by atoms with Crippen LogP contribution in [0.2, 0.25) is 0 Å². The molecule has 2 N–H and O–H groups in total. The van der Waals surface area contributed by atoms with Crippen molar-refractivity contribution in [3.63, 3.8) is 0 Å². The second-order valence-corrected chi connectivity index (χ2v) is 4.67. The minimum atomic E-state index is -4.35. The Balaban J connectivity index is 2.20. The summed E-state index contributed by atoms with van der Waals surface area (Å²) >= 11 is 3.27. The van der Waals surface area contributed by atoms with Crippen molar-refractivity contribution in [1.29, 1.82) is 0 Å². The van der Waals surface area contributed by atoms with Gasteiger partial charge in [-0.2, -0.15) is 13.2 Å². The number of hydrogen-bond acceptors (Lipinski definition) is 2. The molecule has 2 nitrogen and oxygen atoms in total. The van der Waals surface area contributed by atoms with Gasteiger partial charge in [-0.3, -0.25) is 0 Å². The summed E-state index contributed by atoms with van der Waals surface area (Å²) in [6.07, 6.45) is -4.35. The first kappa shape index (κ1) is 13.7. The minimum Gasteiger partial charge on any atom is -0.456 e. The molecule has 2 aromatic rings. The normalized spacial score (nSPS) is 11.4. The molecular weight excluding hydrogens is 323 g/mol. The molecule has 2 rings (SSSR count). The Kier molecular flexibility index (Phi) is 3.71. The lowest BCUT2D eigenvalue weighted by atomic mass is 10.2. The lowest BCUT2D eigenvalue weighted by molar-refractivity contribution is -0.137. The summed E-state index contributed by atoms with van der Waals surface area (Å²) in [6.45, 7) is 0. The zero-order chi connectivity index (χ0) is 14.0. The molecule has 0 unspecified atom stereocenters. The summed E-state index contributed by atoms with van der Waals surface area (Å²) in [7, 11) is 0. The molecule has 0 amide bonds. The van der Waals surface area contributed by atoms with Crippen molar-refractivity contribution in [1.82, 2.24) is 0 Å². The Labute approximate surface area is 116 Å². The molecule has 0 saturated heterocycles. The largest absolute Gasteiger partial charge is 0.456 e. The van der Waals surface area contributed by atoms with E-state index < -0.39 is 11.7 Å². The quantitative estimate of drug-likeness (QED) is 0.799. The van der Waals surface area contributed by atoms with Gasteiger partial charge in [0.05, 0.1) is 10.0 Å². The van der Waals surface area contributed by atoms with Crippen molar-refractivity contribution in [2.75, 3.05) is 5.73 Å². The van der Waals surface area contributed by atoms with E-state index in [1.165, 1.54) is 12.1 Å².